The van der Waals surface area contributed by atoms with Crippen molar-refractivity contribution >= 4 is 16.6 Å². The summed E-state index contributed by atoms with van der Waals surface area (Å²) in [5.41, 5.74) is 7.34. The molecule has 0 aliphatic rings. The molecule has 0 aliphatic heterocycles. The number of nitrogen functional groups attached to an aromatic ring is 1. The van der Waals surface area contributed by atoms with Crippen LogP contribution in [0.2, 0.25) is 0 Å². The predicted octanol–water partition coefficient (Wildman–Crippen LogP) is 3.01. The second kappa shape index (κ2) is 6.95. The molecule has 0 unspecified atom stereocenters. The van der Waals surface area contributed by atoms with Crippen LogP contribution in [0.15, 0.2) is 30.5 Å². The second-order valence-corrected chi connectivity index (χ2v) is 4.37. The van der Waals surface area contributed by atoms with Crippen molar-refractivity contribution in [2.24, 2.45) is 0 Å². The lowest BCUT2D eigenvalue weighted by Gasteiger charge is -2.10. The molecule has 2 aromatic rings. The Bertz CT molecular complexity index is 529. The lowest BCUT2D eigenvalue weighted by atomic mass is 10.2. The maximum Gasteiger partial charge on any atom is 0.128 e. The highest BCUT2D eigenvalue weighted by molar-refractivity contribution is 5.93. The Morgan fingerprint density at radius 1 is 1.16 bits per heavy atom. The van der Waals surface area contributed by atoms with E-state index >= 15 is 0 Å². The number of anilines is 1. The van der Waals surface area contributed by atoms with E-state index in [-0.39, 0.29) is 0 Å². The van der Waals surface area contributed by atoms with Crippen LogP contribution in [0.4, 0.5) is 5.69 Å². The molecule has 102 valence electrons. The Hall–Kier alpha value is -1.81. The van der Waals surface area contributed by atoms with Gasteiger partial charge in [-0.2, -0.15) is 0 Å². The van der Waals surface area contributed by atoms with Crippen molar-refractivity contribution < 1.29 is 9.47 Å². The van der Waals surface area contributed by atoms with Crippen molar-refractivity contribution in [2.45, 2.75) is 19.8 Å². The first kappa shape index (κ1) is 13.6. The van der Waals surface area contributed by atoms with E-state index in [4.69, 9.17) is 15.2 Å². The number of hydrogen-bond donors (Lipinski definition) is 1. The summed E-state index contributed by atoms with van der Waals surface area (Å²) in [6.07, 6.45) is 3.97. The quantitative estimate of drug-likeness (QED) is 0.614. The summed E-state index contributed by atoms with van der Waals surface area (Å²) in [4.78, 5) is 4.27. The van der Waals surface area contributed by atoms with Gasteiger partial charge in [-0.3, -0.25) is 4.98 Å². The van der Waals surface area contributed by atoms with E-state index in [1.165, 1.54) is 0 Å². The summed E-state index contributed by atoms with van der Waals surface area (Å²) in [7, 11) is 0. The van der Waals surface area contributed by atoms with Crippen molar-refractivity contribution in [3.05, 3.63) is 30.5 Å². The normalized spacial score (nSPS) is 10.8. The third kappa shape index (κ3) is 3.58. The summed E-state index contributed by atoms with van der Waals surface area (Å²) in [5, 5.41) is 0.941. The summed E-state index contributed by atoms with van der Waals surface area (Å²) < 4.78 is 11.2. The number of ether oxygens (including phenoxy) is 2. The molecule has 1 aromatic carbocycles. The molecule has 2 rings (SSSR count). The van der Waals surface area contributed by atoms with Crippen LogP contribution in [0.25, 0.3) is 10.9 Å². The maximum atomic E-state index is 5.89. The summed E-state index contributed by atoms with van der Waals surface area (Å²) in [5.74, 6) is 0.802. The van der Waals surface area contributed by atoms with Crippen molar-refractivity contribution in [3.8, 4) is 5.75 Å². The van der Waals surface area contributed by atoms with Crippen LogP contribution in [0.5, 0.6) is 5.75 Å². The molecular formula is C15H20N2O2. The topological polar surface area (TPSA) is 57.4 Å². The highest BCUT2D eigenvalue weighted by Crippen LogP contribution is 2.28. The molecule has 0 bridgehead atoms. The molecule has 0 amide bonds. The van der Waals surface area contributed by atoms with Gasteiger partial charge in [0.1, 0.15) is 12.4 Å². The number of nitrogens with two attached hydrogens (primary N) is 1. The Labute approximate surface area is 113 Å². The van der Waals surface area contributed by atoms with Crippen LogP contribution < -0.4 is 10.5 Å². The zero-order valence-electron chi connectivity index (χ0n) is 11.3. The molecule has 4 nitrogen and oxygen atoms in total. The number of hydrogen-bond acceptors (Lipinski definition) is 4. The van der Waals surface area contributed by atoms with E-state index in [0.717, 1.165) is 36.1 Å². The zero-order chi connectivity index (χ0) is 13.5. The lowest BCUT2D eigenvalue weighted by Crippen LogP contribution is -2.07. The molecule has 0 saturated heterocycles. The van der Waals surface area contributed by atoms with Gasteiger partial charge in [-0.25, -0.2) is 0 Å². The lowest BCUT2D eigenvalue weighted by molar-refractivity contribution is 0.0985. The zero-order valence-corrected chi connectivity index (χ0v) is 11.3. The van der Waals surface area contributed by atoms with E-state index in [2.05, 4.69) is 11.9 Å². The highest BCUT2D eigenvalue weighted by atomic mass is 16.5. The molecule has 2 N–H and O–H groups in total. The van der Waals surface area contributed by atoms with Crippen molar-refractivity contribution in [1.29, 1.82) is 0 Å². The number of unbranched alkanes of at least 4 members (excludes halogenated alkanes) is 1. The van der Waals surface area contributed by atoms with E-state index in [1.807, 2.05) is 24.3 Å². The molecule has 0 saturated carbocycles. The fraction of sp³-hybridized carbons (Fsp3) is 0.400. The predicted molar refractivity (Wildman–Crippen MR) is 77.4 cm³/mol. The molecule has 1 aromatic heterocycles. The first-order chi connectivity index (χ1) is 9.33. The number of nitrogens with zero attached hydrogens (tertiary/aromatic N) is 1. The van der Waals surface area contributed by atoms with Crippen LogP contribution in [-0.4, -0.2) is 24.8 Å². The maximum absolute atomic E-state index is 5.89. The monoisotopic (exact) mass is 260 g/mol. The Morgan fingerprint density at radius 3 is 2.89 bits per heavy atom. The molecule has 1 heterocycles. The molecule has 0 atom stereocenters. The number of pyridine rings is 1. The largest absolute Gasteiger partial charge is 0.490 e. The number of benzene rings is 1. The SMILES string of the molecule is CCCCOCCOc1ccc(N)c2ncccc12. The molecule has 0 radical (unpaired) electrons. The van der Waals surface area contributed by atoms with Crippen molar-refractivity contribution in [2.75, 3.05) is 25.6 Å². The Kier molecular flexibility index (Phi) is 4.98. The van der Waals surface area contributed by atoms with Gasteiger partial charge in [0.05, 0.1) is 17.8 Å². The fourth-order valence-corrected chi connectivity index (χ4v) is 1.85. The standard InChI is InChI=1S/C15H20N2O2/c1-2-3-9-18-10-11-19-14-7-6-13(16)15-12(14)5-4-8-17-15/h4-8H,2-3,9-11,16H2,1H3. The second-order valence-electron chi connectivity index (χ2n) is 4.37. The molecule has 0 spiro atoms. The summed E-state index contributed by atoms with van der Waals surface area (Å²) >= 11 is 0. The molecule has 4 heteroatoms. The third-order valence-electron chi connectivity index (χ3n) is 2.89. The van der Waals surface area contributed by atoms with Gasteiger partial charge in [-0.15, -0.1) is 0 Å². The fourth-order valence-electron chi connectivity index (χ4n) is 1.85. The number of aromatic nitrogens is 1. The van der Waals surface area contributed by atoms with Crippen LogP contribution in [-0.2, 0) is 4.74 Å². The van der Waals surface area contributed by atoms with Gasteiger partial charge in [-0.1, -0.05) is 13.3 Å². The van der Waals surface area contributed by atoms with Gasteiger partial charge in [0.15, 0.2) is 0 Å². The minimum Gasteiger partial charge on any atom is -0.490 e. The molecular weight excluding hydrogens is 240 g/mol. The van der Waals surface area contributed by atoms with Crippen molar-refractivity contribution in [3.63, 3.8) is 0 Å². The van der Waals surface area contributed by atoms with E-state index in [1.54, 1.807) is 6.20 Å². The number of fused-ring (bicyclic) bond motifs is 1. The smallest absolute Gasteiger partial charge is 0.128 e. The molecule has 0 aliphatic carbocycles. The first-order valence-electron chi connectivity index (χ1n) is 6.66. The van der Waals surface area contributed by atoms with Gasteiger partial charge >= 0.3 is 0 Å². The summed E-state index contributed by atoms with van der Waals surface area (Å²) in [6, 6.07) is 7.55. The average Bonchev–Trinajstić information content (AvgIpc) is 2.45. The average molecular weight is 260 g/mol. The Morgan fingerprint density at radius 2 is 2.05 bits per heavy atom. The summed E-state index contributed by atoms with van der Waals surface area (Å²) in [6.45, 7) is 4.08. The van der Waals surface area contributed by atoms with Gasteiger partial charge in [0.2, 0.25) is 0 Å². The third-order valence-corrected chi connectivity index (χ3v) is 2.89. The number of rotatable bonds is 7. The molecule has 19 heavy (non-hydrogen) atoms. The Balaban J connectivity index is 1.96. The first-order valence-corrected chi connectivity index (χ1v) is 6.66. The van der Waals surface area contributed by atoms with Crippen LogP contribution in [0.1, 0.15) is 19.8 Å². The van der Waals surface area contributed by atoms with Crippen LogP contribution in [0, 0.1) is 0 Å². The van der Waals surface area contributed by atoms with Gasteiger partial charge in [-0.05, 0) is 30.7 Å². The minimum atomic E-state index is 0.539. The highest BCUT2D eigenvalue weighted by Gasteiger charge is 2.05. The van der Waals surface area contributed by atoms with Crippen LogP contribution >= 0.6 is 0 Å². The van der Waals surface area contributed by atoms with Gasteiger partial charge in [0.25, 0.3) is 0 Å². The van der Waals surface area contributed by atoms with E-state index < -0.39 is 0 Å². The minimum absolute atomic E-state index is 0.539. The molecule has 0 fully saturated rings. The van der Waals surface area contributed by atoms with E-state index in [9.17, 15) is 0 Å². The van der Waals surface area contributed by atoms with Crippen LogP contribution in [0.3, 0.4) is 0 Å². The van der Waals surface area contributed by atoms with Gasteiger partial charge in [0, 0.05) is 18.2 Å². The van der Waals surface area contributed by atoms with Crippen molar-refractivity contribution in [1.82, 2.24) is 4.98 Å². The van der Waals surface area contributed by atoms with E-state index in [0.29, 0.717) is 18.9 Å². The van der Waals surface area contributed by atoms with Gasteiger partial charge < -0.3 is 15.2 Å².